The van der Waals surface area contributed by atoms with E-state index >= 15 is 0 Å². The molecule has 0 aliphatic carbocycles. The number of halogens is 1. The molecule has 7 nitrogen and oxygen atoms in total. The minimum Gasteiger partial charge on any atom is -0.350 e. The molecule has 0 aliphatic heterocycles. The van der Waals surface area contributed by atoms with Gasteiger partial charge in [0.15, 0.2) is 9.84 Å². The van der Waals surface area contributed by atoms with Crippen LogP contribution in [0.15, 0.2) is 48.5 Å². The van der Waals surface area contributed by atoms with E-state index < -0.39 is 21.1 Å². The predicted octanol–water partition coefficient (Wildman–Crippen LogP) is 4.55. The molecule has 2 unspecified atom stereocenters. The fraction of sp³-hybridized carbons (Fsp3) is 0.385. The number of carbonyl (C=O) groups excluding carboxylic acids is 1. The number of aromatic nitrogens is 2. The Hall–Kier alpha value is -2.68. The van der Waals surface area contributed by atoms with E-state index in [9.17, 15) is 13.2 Å². The van der Waals surface area contributed by atoms with Crippen LogP contribution in [0.1, 0.15) is 67.1 Å². The highest BCUT2D eigenvalue weighted by Gasteiger charge is 2.24. The highest BCUT2D eigenvalue weighted by atomic mass is 35.5. The number of nitrogens with two attached hydrogens (primary N) is 1. The third kappa shape index (κ3) is 6.31. The topological polar surface area (TPSA) is 107 Å². The summed E-state index contributed by atoms with van der Waals surface area (Å²) in [5, 5.41) is 7.30. The number of hydrogen-bond donors (Lipinski definition) is 2. The summed E-state index contributed by atoms with van der Waals surface area (Å²) in [6, 6.07) is 14.7. The molecule has 0 radical (unpaired) electrons. The monoisotopic (exact) mass is 516 g/mol. The highest BCUT2D eigenvalue weighted by Crippen LogP contribution is 2.26. The molecule has 2 atom stereocenters. The fourth-order valence-corrected chi connectivity index (χ4v) is 4.65. The molecule has 3 rings (SSSR count). The number of benzene rings is 2. The summed E-state index contributed by atoms with van der Waals surface area (Å²) in [4.78, 5) is 13.0. The van der Waals surface area contributed by atoms with Crippen molar-refractivity contribution in [1.29, 1.82) is 0 Å². The maximum absolute atomic E-state index is 13.0. The molecule has 188 valence electrons. The van der Waals surface area contributed by atoms with Gasteiger partial charge in [-0.05, 0) is 54.8 Å². The van der Waals surface area contributed by atoms with Crippen LogP contribution in [0, 0.1) is 6.92 Å². The van der Waals surface area contributed by atoms with E-state index in [0.29, 0.717) is 10.6 Å². The minimum atomic E-state index is -3.42. The molecule has 35 heavy (non-hydrogen) atoms. The zero-order chi connectivity index (χ0) is 26.1. The molecule has 3 N–H and O–H groups in total. The molecule has 1 heterocycles. The Morgan fingerprint density at radius 3 is 2.43 bits per heavy atom. The van der Waals surface area contributed by atoms with Crippen molar-refractivity contribution in [1.82, 2.24) is 15.1 Å². The number of nitrogens with zero attached hydrogens (tertiary/aromatic N) is 2. The van der Waals surface area contributed by atoms with Crippen molar-refractivity contribution in [3.63, 3.8) is 0 Å². The van der Waals surface area contributed by atoms with Crippen LogP contribution in [0.5, 0.6) is 0 Å². The van der Waals surface area contributed by atoms with E-state index in [1.165, 1.54) is 0 Å². The lowest BCUT2D eigenvalue weighted by atomic mass is 9.92. The second-order valence-corrected chi connectivity index (χ2v) is 12.6. The average molecular weight is 517 g/mol. The molecular formula is C26H33ClN4O3S. The SMILES string of the molecule is Cc1cc(C(C)C(=O)NCc2cc(C(C)(C)C)nn2-c2cccc(Cl)c2)ccc1C(N)S(C)(=O)=O. The maximum atomic E-state index is 13.0. The van der Waals surface area contributed by atoms with Crippen LogP contribution in [0.25, 0.3) is 5.69 Å². The van der Waals surface area contributed by atoms with Crippen LogP contribution in [-0.2, 0) is 26.6 Å². The van der Waals surface area contributed by atoms with Gasteiger partial charge in [-0.1, -0.05) is 56.6 Å². The Morgan fingerprint density at radius 2 is 1.86 bits per heavy atom. The predicted molar refractivity (Wildman–Crippen MR) is 140 cm³/mol. The zero-order valence-electron chi connectivity index (χ0n) is 21.0. The van der Waals surface area contributed by atoms with Gasteiger partial charge in [-0.15, -0.1) is 0 Å². The van der Waals surface area contributed by atoms with E-state index in [0.717, 1.165) is 34.5 Å². The number of aryl methyl sites for hydroxylation is 1. The fourth-order valence-electron chi connectivity index (χ4n) is 3.74. The molecule has 3 aromatic rings. The van der Waals surface area contributed by atoms with Crippen molar-refractivity contribution < 1.29 is 13.2 Å². The second kappa shape index (κ2) is 10.1. The molecule has 2 aromatic carbocycles. The molecule has 1 amide bonds. The maximum Gasteiger partial charge on any atom is 0.227 e. The Labute approximate surface area is 212 Å². The molecule has 0 saturated heterocycles. The van der Waals surface area contributed by atoms with Gasteiger partial charge < -0.3 is 11.1 Å². The first-order chi connectivity index (χ1) is 16.2. The molecule has 0 bridgehead atoms. The van der Waals surface area contributed by atoms with Gasteiger partial charge in [-0.2, -0.15) is 5.10 Å². The summed E-state index contributed by atoms with van der Waals surface area (Å²) in [7, 11) is -3.42. The molecule has 0 saturated carbocycles. The second-order valence-electron chi connectivity index (χ2n) is 9.97. The smallest absolute Gasteiger partial charge is 0.227 e. The van der Waals surface area contributed by atoms with Gasteiger partial charge >= 0.3 is 0 Å². The first-order valence-electron chi connectivity index (χ1n) is 11.4. The zero-order valence-corrected chi connectivity index (χ0v) is 22.5. The Balaban J connectivity index is 1.82. The summed E-state index contributed by atoms with van der Waals surface area (Å²) < 4.78 is 25.5. The largest absolute Gasteiger partial charge is 0.350 e. The molecular weight excluding hydrogens is 484 g/mol. The number of amides is 1. The molecule has 1 aromatic heterocycles. The third-order valence-corrected chi connectivity index (χ3v) is 7.41. The lowest BCUT2D eigenvalue weighted by Crippen LogP contribution is -2.28. The van der Waals surface area contributed by atoms with Gasteiger partial charge in [-0.25, -0.2) is 13.1 Å². The van der Waals surface area contributed by atoms with E-state index in [1.807, 2.05) is 41.9 Å². The number of sulfone groups is 1. The summed E-state index contributed by atoms with van der Waals surface area (Å²) >= 11 is 6.20. The van der Waals surface area contributed by atoms with Crippen molar-refractivity contribution in [2.75, 3.05) is 6.26 Å². The van der Waals surface area contributed by atoms with Crippen LogP contribution >= 0.6 is 11.6 Å². The van der Waals surface area contributed by atoms with Gasteiger partial charge in [0.2, 0.25) is 5.91 Å². The first kappa shape index (κ1) is 26.9. The molecule has 0 spiro atoms. The number of rotatable bonds is 7. The van der Waals surface area contributed by atoms with E-state index in [4.69, 9.17) is 22.4 Å². The Morgan fingerprint density at radius 1 is 1.17 bits per heavy atom. The molecule has 0 fully saturated rings. The van der Waals surface area contributed by atoms with E-state index in [2.05, 4.69) is 26.1 Å². The summed E-state index contributed by atoms with van der Waals surface area (Å²) in [5.74, 6) is -0.595. The standard InChI is InChI=1S/C26H33ClN4O3S/c1-16-12-18(10-11-22(16)24(28)35(6,33)34)17(2)25(32)29-15-21-14-23(26(3,4)5)30-31(21)20-9-7-8-19(27)13-20/h7-14,17,24H,15,28H2,1-6H3,(H,29,32). The highest BCUT2D eigenvalue weighted by molar-refractivity contribution is 7.90. The normalized spacial score (nSPS) is 13.9. The van der Waals surface area contributed by atoms with Crippen LogP contribution in [-0.4, -0.2) is 30.4 Å². The first-order valence-corrected chi connectivity index (χ1v) is 13.7. The van der Waals surface area contributed by atoms with Gasteiger partial charge in [0.25, 0.3) is 0 Å². The van der Waals surface area contributed by atoms with Crippen LogP contribution in [0.3, 0.4) is 0 Å². The van der Waals surface area contributed by atoms with Gasteiger partial charge in [0.05, 0.1) is 29.5 Å². The van der Waals surface area contributed by atoms with Crippen molar-refractivity contribution in [3.05, 3.63) is 81.6 Å². The molecule has 0 aliphatic rings. The lowest BCUT2D eigenvalue weighted by Gasteiger charge is -2.17. The van der Waals surface area contributed by atoms with Gasteiger partial charge in [0, 0.05) is 16.7 Å². The average Bonchev–Trinajstić information content (AvgIpc) is 3.20. The number of carbonyl (C=O) groups is 1. The van der Waals surface area contributed by atoms with Gasteiger partial charge in [0.1, 0.15) is 5.37 Å². The minimum absolute atomic E-state index is 0.152. The van der Waals surface area contributed by atoms with Crippen molar-refractivity contribution in [3.8, 4) is 5.69 Å². The third-order valence-electron chi connectivity index (χ3n) is 6.00. The van der Waals surface area contributed by atoms with E-state index in [-0.39, 0.29) is 17.9 Å². The van der Waals surface area contributed by atoms with Gasteiger partial charge in [-0.3, -0.25) is 4.79 Å². The van der Waals surface area contributed by atoms with E-state index in [1.54, 1.807) is 25.1 Å². The number of hydrogen-bond acceptors (Lipinski definition) is 5. The quantitative estimate of drug-likeness (QED) is 0.479. The summed E-state index contributed by atoms with van der Waals surface area (Å²) in [5.41, 5.74) is 10.3. The lowest BCUT2D eigenvalue weighted by molar-refractivity contribution is -0.122. The van der Waals surface area contributed by atoms with Crippen molar-refractivity contribution in [2.45, 2.75) is 57.9 Å². The Kier molecular flexibility index (Phi) is 7.79. The van der Waals surface area contributed by atoms with Crippen LogP contribution in [0.4, 0.5) is 0 Å². The van der Waals surface area contributed by atoms with Crippen LogP contribution in [0.2, 0.25) is 5.02 Å². The van der Waals surface area contributed by atoms with Crippen molar-refractivity contribution in [2.24, 2.45) is 5.73 Å². The van der Waals surface area contributed by atoms with Crippen LogP contribution < -0.4 is 11.1 Å². The number of nitrogens with one attached hydrogen (secondary N) is 1. The summed E-state index contributed by atoms with van der Waals surface area (Å²) in [6.45, 7) is 10.2. The molecule has 9 heteroatoms. The summed E-state index contributed by atoms with van der Waals surface area (Å²) in [6.07, 6.45) is 1.11. The van der Waals surface area contributed by atoms with Crippen molar-refractivity contribution >= 4 is 27.3 Å². The Bertz CT molecular complexity index is 1340.